The van der Waals surface area contributed by atoms with Crippen molar-refractivity contribution in [2.45, 2.75) is 31.1 Å². The number of carbonyl (C=O) groups is 1. The maximum absolute atomic E-state index is 13.2. The van der Waals surface area contributed by atoms with E-state index in [-0.39, 0.29) is 18.9 Å². The van der Waals surface area contributed by atoms with Crippen molar-refractivity contribution >= 4 is 21.8 Å². The maximum atomic E-state index is 13.2. The van der Waals surface area contributed by atoms with E-state index in [2.05, 4.69) is 4.90 Å². The molecule has 1 unspecified atom stereocenters. The summed E-state index contributed by atoms with van der Waals surface area (Å²) in [5.74, 6) is -0.333. The van der Waals surface area contributed by atoms with Gasteiger partial charge in [-0.25, -0.2) is 0 Å². The lowest BCUT2D eigenvalue weighted by Gasteiger charge is -2.23. The first-order valence-electron chi connectivity index (χ1n) is 7.49. The van der Waals surface area contributed by atoms with E-state index in [1.807, 2.05) is 18.2 Å². The van der Waals surface area contributed by atoms with Crippen molar-refractivity contribution in [3.63, 3.8) is 0 Å². The molecular formula is C15H19FN2O3S. The Hall–Kier alpha value is -1.47. The Morgan fingerprint density at radius 1 is 1.18 bits per heavy atom. The summed E-state index contributed by atoms with van der Waals surface area (Å²) in [6.45, 7) is 2.69. The minimum atomic E-state index is -4.68. The maximum Gasteiger partial charge on any atom is 0.307 e. The van der Waals surface area contributed by atoms with Gasteiger partial charge in [0, 0.05) is 25.2 Å². The summed E-state index contributed by atoms with van der Waals surface area (Å²) >= 11 is 0. The molecule has 1 aromatic carbocycles. The third-order valence-corrected chi connectivity index (χ3v) is 5.47. The fourth-order valence-electron chi connectivity index (χ4n) is 3.19. The zero-order valence-electron chi connectivity index (χ0n) is 12.2. The molecule has 0 bridgehead atoms. The quantitative estimate of drug-likeness (QED) is 0.790. The van der Waals surface area contributed by atoms with Crippen LogP contribution in [0, 0.1) is 0 Å². The second kappa shape index (κ2) is 5.96. The Bertz CT molecular complexity index is 671. The number of rotatable bonds is 4. The van der Waals surface area contributed by atoms with E-state index in [9.17, 15) is 17.1 Å². The summed E-state index contributed by atoms with van der Waals surface area (Å²) in [5.41, 5.74) is 1.68. The number of amides is 1. The average molecular weight is 326 g/mol. The number of hydrogen-bond donors (Lipinski definition) is 0. The van der Waals surface area contributed by atoms with E-state index < -0.39 is 15.5 Å². The zero-order chi connectivity index (χ0) is 15.7. The van der Waals surface area contributed by atoms with Gasteiger partial charge in [-0.15, -0.1) is 3.89 Å². The molecule has 3 rings (SSSR count). The first-order valence-corrected chi connectivity index (χ1v) is 8.94. The fourth-order valence-corrected chi connectivity index (χ4v) is 3.85. The third kappa shape index (κ3) is 3.15. The van der Waals surface area contributed by atoms with Crippen LogP contribution in [0.1, 0.15) is 24.8 Å². The van der Waals surface area contributed by atoms with Gasteiger partial charge in [-0.1, -0.05) is 18.2 Å². The Morgan fingerprint density at radius 3 is 2.50 bits per heavy atom. The molecule has 2 aliphatic heterocycles. The monoisotopic (exact) mass is 326 g/mol. The first-order chi connectivity index (χ1) is 10.4. The minimum Gasteiger partial charge on any atom is -0.311 e. The van der Waals surface area contributed by atoms with Gasteiger partial charge in [0.15, 0.2) is 0 Å². The lowest BCUT2D eigenvalue weighted by Crippen LogP contribution is -2.29. The standard InChI is InChI=1S/C15H19FN2O3S/c16-22(20,21)13-9-15(19)18(11-13)14-6-2-1-5-12(14)10-17-7-3-4-8-17/h1-2,5-6,13H,3-4,7-11H2. The van der Waals surface area contributed by atoms with E-state index in [4.69, 9.17) is 0 Å². The molecule has 0 saturated carbocycles. The van der Waals surface area contributed by atoms with Gasteiger partial charge in [0.2, 0.25) is 5.91 Å². The molecule has 1 aromatic rings. The van der Waals surface area contributed by atoms with Gasteiger partial charge in [0.1, 0.15) is 5.25 Å². The van der Waals surface area contributed by atoms with Crippen molar-refractivity contribution in [3.8, 4) is 0 Å². The van der Waals surface area contributed by atoms with E-state index in [1.165, 1.54) is 17.7 Å². The topological polar surface area (TPSA) is 57.7 Å². The number of para-hydroxylation sites is 1. The molecule has 2 saturated heterocycles. The lowest BCUT2D eigenvalue weighted by molar-refractivity contribution is -0.117. The highest BCUT2D eigenvalue weighted by atomic mass is 32.3. The van der Waals surface area contributed by atoms with Gasteiger partial charge in [0.05, 0.1) is 0 Å². The molecule has 5 nitrogen and oxygen atoms in total. The summed E-state index contributed by atoms with van der Waals surface area (Å²) in [6, 6.07) is 7.46. The van der Waals surface area contributed by atoms with Crippen molar-refractivity contribution in [2.75, 3.05) is 24.5 Å². The molecule has 1 atom stereocenters. The predicted molar refractivity (Wildman–Crippen MR) is 81.7 cm³/mol. The molecular weight excluding hydrogens is 307 g/mol. The number of halogens is 1. The molecule has 22 heavy (non-hydrogen) atoms. The third-order valence-electron chi connectivity index (χ3n) is 4.36. The minimum absolute atomic E-state index is 0.103. The van der Waals surface area contributed by atoms with Gasteiger partial charge in [-0.2, -0.15) is 8.42 Å². The van der Waals surface area contributed by atoms with Gasteiger partial charge < -0.3 is 4.90 Å². The number of likely N-dealkylation sites (tertiary alicyclic amines) is 1. The smallest absolute Gasteiger partial charge is 0.307 e. The molecule has 7 heteroatoms. The Labute approximate surface area is 129 Å². The number of benzene rings is 1. The van der Waals surface area contributed by atoms with Gasteiger partial charge >= 0.3 is 10.2 Å². The second-order valence-corrected chi connectivity index (χ2v) is 7.54. The van der Waals surface area contributed by atoms with Crippen molar-refractivity contribution in [3.05, 3.63) is 29.8 Å². The SMILES string of the molecule is O=C1CC(S(=O)(=O)F)CN1c1ccccc1CN1CCCC1. The average Bonchev–Trinajstić information content (AvgIpc) is 3.08. The summed E-state index contributed by atoms with van der Waals surface area (Å²) in [6.07, 6.45) is 2.07. The molecule has 120 valence electrons. The Kier molecular flexibility index (Phi) is 4.18. The highest BCUT2D eigenvalue weighted by Gasteiger charge is 2.39. The van der Waals surface area contributed by atoms with Crippen LogP contribution in [0.2, 0.25) is 0 Å². The predicted octanol–water partition coefficient (Wildman–Crippen LogP) is 1.69. The molecule has 2 aliphatic rings. The fraction of sp³-hybridized carbons (Fsp3) is 0.533. The van der Waals surface area contributed by atoms with Gasteiger partial charge in [-0.05, 0) is 37.6 Å². The van der Waals surface area contributed by atoms with Crippen LogP contribution in [0.4, 0.5) is 9.57 Å². The number of anilines is 1. The van der Waals surface area contributed by atoms with Gasteiger partial charge in [0.25, 0.3) is 0 Å². The van der Waals surface area contributed by atoms with Gasteiger partial charge in [-0.3, -0.25) is 9.69 Å². The van der Waals surface area contributed by atoms with Crippen LogP contribution >= 0.6 is 0 Å². The Morgan fingerprint density at radius 2 is 1.86 bits per heavy atom. The van der Waals surface area contributed by atoms with Crippen molar-refractivity contribution < 1.29 is 17.1 Å². The summed E-state index contributed by atoms with van der Waals surface area (Å²) in [7, 11) is -4.68. The van der Waals surface area contributed by atoms with Crippen LogP contribution in [0.25, 0.3) is 0 Å². The molecule has 2 heterocycles. The van der Waals surface area contributed by atoms with Crippen LogP contribution in [0.15, 0.2) is 24.3 Å². The Balaban J connectivity index is 1.84. The van der Waals surface area contributed by atoms with Crippen LogP contribution < -0.4 is 4.90 Å². The van der Waals surface area contributed by atoms with E-state index >= 15 is 0 Å². The van der Waals surface area contributed by atoms with Crippen molar-refractivity contribution in [2.24, 2.45) is 0 Å². The number of hydrogen-bond acceptors (Lipinski definition) is 4. The molecule has 1 amide bonds. The van der Waals surface area contributed by atoms with Crippen LogP contribution in [0.3, 0.4) is 0 Å². The molecule has 0 radical (unpaired) electrons. The lowest BCUT2D eigenvalue weighted by atomic mass is 10.1. The zero-order valence-corrected chi connectivity index (χ0v) is 13.1. The highest BCUT2D eigenvalue weighted by molar-refractivity contribution is 7.87. The second-order valence-electron chi connectivity index (χ2n) is 5.92. The normalized spacial score (nSPS) is 23.4. The summed E-state index contributed by atoms with van der Waals surface area (Å²) in [4.78, 5) is 15.8. The van der Waals surface area contributed by atoms with E-state index in [1.54, 1.807) is 6.07 Å². The summed E-state index contributed by atoms with van der Waals surface area (Å²) in [5, 5.41) is -1.25. The number of carbonyl (C=O) groups excluding carboxylic acids is 1. The highest BCUT2D eigenvalue weighted by Crippen LogP contribution is 2.29. The van der Waals surface area contributed by atoms with Crippen molar-refractivity contribution in [1.82, 2.24) is 4.90 Å². The molecule has 2 fully saturated rings. The van der Waals surface area contributed by atoms with Crippen LogP contribution in [-0.4, -0.2) is 44.1 Å². The molecule has 0 aromatic heterocycles. The van der Waals surface area contributed by atoms with Crippen molar-refractivity contribution in [1.29, 1.82) is 0 Å². The first kappa shape index (κ1) is 15.4. The largest absolute Gasteiger partial charge is 0.311 e. The van der Waals surface area contributed by atoms with E-state index in [0.29, 0.717) is 5.69 Å². The van der Waals surface area contributed by atoms with Crippen LogP contribution in [-0.2, 0) is 21.6 Å². The van der Waals surface area contributed by atoms with Crippen LogP contribution in [0.5, 0.6) is 0 Å². The summed E-state index contributed by atoms with van der Waals surface area (Å²) < 4.78 is 35.3. The molecule has 0 spiro atoms. The number of nitrogens with zero attached hydrogens (tertiary/aromatic N) is 2. The molecule has 0 N–H and O–H groups in total. The van der Waals surface area contributed by atoms with E-state index in [0.717, 1.165) is 25.2 Å². The molecule has 0 aliphatic carbocycles.